The summed E-state index contributed by atoms with van der Waals surface area (Å²) < 4.78 is 9.53. The molecule has 118 valence electrons. The van der Waals surface area contributed by atoms with Crippen LogP contribution in [-0.4, -0.2) is 26.2 Å². The second-order valence-electron chi connectivity index (χ2n) is 5.39. The molecule has 0 aromatic heterocycles. The van der Waals surface area contributed by atoms with E-state index in [1.807, 2.05) is 0 Å². The Morgan fingerprint density at radius 3 is 1.59 bits per heavy atom. The van der Waals surface area contributed by atoms with Crippen molar-refractivity contribution in [1.29, 1.82) is 0 Å². The summed E-state index contributed by atoms with van der Waals surface area (Å²) in [5.41, 5.74) is 5.44. The average molecular weight is 302 g/mol. The average Bonchev–Trinajstić information content (AvgIpc) is 3.01. The van der Waals surface area contributed by atoms with E-state index in [9.17, 15) is 9.59 Å². The van der Waals surface area contributed by atoms with E-state index in [4.69, 9.17) is 9.47 Å². The molecule has 22 heavy (non-hydrogen) atoms. The minimum atomic E-state index is -0.512. The Bertz CT molecular complexity index is 577. The van der Waals surface area contributed by atoms with Crippen molar-refractivity contribution < 1.29 is 19.1 Å². The molecule has 2 aliphatic rings. The highest BCUT2D eigenvalue weighted by Crippen LogP contribution is 2.48. The molecule has 0 aromatic rings. The summed E-state index contributed by atoms with van der Waals surface area (Å²) >= 11 is 0. The van der Waals surface area contributed by atoms with Crippen molar-refractivity contribution in [3.63, 3.8) is 0 Å². The molecule has 0 spiro atoms. The fourth-order valence-corrected chi connectivity index (χ4v) is 2.88. The molecule has 4 nitrogen and oxygen atoms in total. The second kappa shape index (κ2) is 6.77. The van der Waals surface area contributed by atoms with E-state index in [-0.39, 0.29) is 11.1 Å². The van der Waals surface area contributed by atoms with Crippen molar-refractivity contribution in [2.24, 2.45) is 0 Å². The molecule has 0 fully saturated rings. The molecule has 0 saturated carbocycles. The van der Waals surface area contributed by atoms with E-state index in [1.54, 1.807) is 12.2 Å². The zero-order chi connectivity index (χ0) is 16.3. The van der Waals surface area contributed by atoms with Crippen LogP contribution in [0.2, 0.25) is 0 Å². The zero-order valence-corrected chi connectivity index (χ0v) is 13.6. The molecule has 4 heteroatoms. The quantitative estimate of drug-likeness (QED) is 0.706. The van der Waals surface area contributed by atoms with Gasteiger partial charge in [0, 0.05) is 0 Å². The van der Waals surface area contributed by atoms with Crippen molar-refractivity contribution in [1.82, 2.24) is 0 Å². The molecule has 2 aliphatic carbocycles. The largest absolute Gasteiger partial charge is 0.465 e. The van der Waals surface area contributed by atoms with E-state index in [1.165, 1.54) is 30.9 Å². The van der Waals surface area contributed by atoms with Crippen LogP contribution in [-0.2, 0) is 19.1 Å². The van der Waals surface area contributed by atoms with Gasteiger partial charge in [0.05, 0.1) is 25.4 Å². The third kappa shape index (κ3) is 2.91. The fraction of sp³-hybridized carbons (Fsp3) is 0.444. The summed E-state index contributed by atoms with van der Waals surface area (Å²) in [7, 11) is 2.62. The molecular formula is C18H22O4. The number of carbonyl (C=O) groups is 2. The van der Waals surface area contributed by atoms with E-state index < -0.39 is 11.9 Å². The molecule has 2 rings (SSSR count). The number of ether oxygens (including phenoxy) is 2. The third-order valence-corrected chi connectivity index (χ3v) is 3.89. The molecule has 0 bridgehead atoms. The summed E-state index contributed by atoms with van der Waals surface area (Å²) in [6.07, 6.45) is 7.73. The molecule has 0 aromatic carbocycles. The number of hydrogen-bond acceptors (Lipinski definition) is 4. The Kier molecular flexibility index (Phi) is 5.01. The molecule has 0 saturated heterocycles. The SMILES string of the molecule is CCCC1=C(CCC)C1=C1C=C(C(=O)OC)C(C(=O)OC)=C1. The number of carbonyl (C=O) groups excluding carboxylic acids is 2. The van der Waals surface area contributed by atoms with Gasteiger partial charge < -0.3 is 9.47 Å². The van der Waals surface area contributed by atoms with Crippen molar-refractivity contribution in [2.75, 3.05) is 14.2 Å². The fourth-order valence-electron chi connectivity index (χ4n) is 2.88. The van der Waals surface area contributed by atoms with Gasteiger partial charge in [-0.3, -0.25) is 0 Å². The summed E-state index contributed by atoms with van der Waals surface area (Å²) in [5.74, 6) is -1.02. The minimum Gasteiger partial charge on any atom is -0.465 e. The highest BCUT2D eigenvalue weighted by molar-refractivity contribution is 6.09. The maximum Gasteiger partial charge on any atom is 0.338 e. The lowest BCUT2D eigenvalue weighted by molar-refractivity contribution is -0.139. The van der Waals surface area contributed by atoms with Crippen LogP contribution in [0.5, 0.6) is 0 Å². The molecular weight excluding hydrogens is 280 g/mol. The first-order valence-electron chi connectivity index (χ1n) is 7.66. The van der Waals surface area contributed by atoms with Gasteiger partial charge in [0.1, 0.15) is 0 Å². The van der Waals surface area contributed by atoms with Crippen molar-refractivity contribution >= 4 is 11.9 Å². The zero-order valence-electron chi connectivity index (χ0n) is 13.6. The van der Waals surface area contributed by atoms with Gasteiger partial charge in [0.15, 0.2) is 0 Å². The Balaban J connectivity index is 2.39. The number of methoxy groups -OCH3 is 2. The summed E-state index contributed by atoms with van der Waals surface area (Å²) in [4.78, 5) is 23.7. The van der Waals surface area contributed by atoms with Gasteiger partial charge in [-0.1, -0.05) is 26.7 Å². The summed E-state index contributed by atoms with van der Waals surface area (Å²) in [6, 6.07) is 0. The topological polar surface area (TPSA) is 52.6 Å². The Hall–Kier alpha value is -2.10. The lowest BCUT2D eigenvalue weighted by Gasteiger charge is -2.03. The van der Waals surface area contributed by atoms with Crippen LogP contribution < -0.4 is 0 Å². The maximum absolute atomic E-state index is 11.9. The van der Waals surface area contributed by atoms with Gasteiger partial charge in [-0.2, -0.15) is 0 Å². The lowest BCUT2D eigenvalue weighted by atomic mass is 10.1. The van der Waals surface area contributed by atoms with E-state index in [0.717, 1.165) is 31.3 Å². The number of allylic oxidation sites excluding steroid dienone is 6. The molecule has 0 N–H and O–H groups in total. The number of rotatable bonds is 6. The van der Waals surface area contributed by atoms with Crippen molar-refractivity contribution in [3.05, 3.63) is 45.6 Å². The van der Waals surface area contributed by atoms with Crippen LogP contribution in [0.3, 0.4) is 0 Å². The summed E-state index contributed by atoms with van der Waals surface area (Å²) in [5, 5.41) is 0. The van der Waals surface area contributed by atoms with Gasteiger partial charge in [-0.15, -0.1) is 0 Å². The Labute approximate surface area is 131 Å². The van der Waals surface area contributed by atoms with Gasteiger partial charge >= 0.3 is 11.9 Å². The van der Waals surface area contributed by atoms with Gasteiger partial charge in [0.2, 0.25) is 0 Å². The Morgan fingerprint density at radius 1 is 0.864 bits per heavy atom. The molecule has 0 aliphatic heterocycles. The van der Waals surface area contributed by atoms with Gasteiger partial charge in [0.25, 0.3) is 0 Å². The number of hydrogen-bond donors (Lipinski definition) is 0. The Morgan fingerprint density at radius 2 is 1.27 bits per heavy atom. The van der Waals surface area contributed by atoms with Crippen LogP contribution in [0.1, 0.15) is 39.5 Å². The molecule has 0 amide bonds. The first kappa shape index (κ1) is 16.3. The van der Waals surface area contributed by atoms with E-state index >= 15 is 0 Å². The van der Waals surface area contributed by atoms with Crippen molar-refractivity contribution in [3.8, 4) is 0 Å². The highest BCUT2D eigenvalue weighted by Gasteiger charge is 2.34. The standard InChI is InChI=1S/C18H22O4/c1-5-7-12-13(8-6-2)16(12)11-9-14(17(19)21-3)15(10-11)18(20)22-4/h9-10H,5-8H2,1-4H3. The monoisotopic (exact) mass is 302 g/mol. The van der Waals surface area contributed by atoms with E-state index in [0.29, 0.717) is 0 Å². The van der Waals surface area contributed by atoms with Crippen LogP contribution >= 0.6 is 0 Å². The smallest absolute Gasteiger partial charge is 0.338 e. The van der Waals surface area contributed by atoms with Crippen LogP contribution in [0, 0.1) is 0 Å². The predicted octanol–water partition coefficient (Wildman–Crippen LogP) is 3.41. The van der Waals surface area contributed by atoms with Crippen LogP contribution in [0.4, 0.5) is 0 Å². The number of esters is 2. The minimum absolute atomic E-state index is 0.274. The van der Waals surface area contributed by atoms with Gasteiger partial charge in [-0.05, 0) is 47.3 Å². The highest BCUT2D eigenvalue weighted by atomic mass is 16.5. The van der Waals surface area contributed by atoms with Gasteiger partial charge in [-0.25, -0.2) is 9.59 Å². The summed E-state index contributed by atoms with van der Waals surface area (Å²) in [6.45, 7) is 4.30. The van der Waals surface area contributed by atoms with Crippen molar-refractivity contribution in [2.45, 2.75) is 39.5 Å². The molecule has 0 atom stereocenters. The van der Waals surface area contributed by atoms with E-state index in [2.05, 4.69) is 13.8 Å². The first-order valence-corrected chi connectivity index (χ1v) is 7.66. The molecule has 0 unspecified atom stereocenters. The molecule has 0 radical (unpaired) electrons. The maximum atomic E-state index is 11.9. The normalized spacial score (nSPS) is 16.5. The first-order chi connectivity index (χ1) is 10.6. The predicted molar refractivity (Wildman–Crippen MR) is 84.1 cm³/mol. The van der Waals surface area contributed by atoms with Crippen LogP contribution in [0.15, 0.2) is 45.6 Å². The third-order valence-electron chi connectivity index (χ3n) is 3.89. The lowest BCUT2D eigenvalue weighted by Crippen LogP contribution is -2.12. The van der Waals surface area contributed by atoms with Crippen LogP contribution in [0.25, 0.3) is 0 Å². The molecule has 0 heterocycles. The second-order valence-corrected chi connectivity index (χ2v) is 5.39.